The van der Waals surface area contributed by atoms with Gasteiger partial charge in [0.2, 0.25) is 0 Å². The van der Waals surface area contributed by atoms with E-state index in [0.717, 1.165) is 241 Å². The van der Waals surface area contributed by atoms with Crippen LogP contribution < -0.4 is 0 Å². The summed E-state index contributed by atoms with van der Waals surface area (Å²) < 4.78 is 154. The molecule has 28 aromatic rings. The van der Waals surface area contributed by atoms with E-state index in [1.54, 1.807) is 0 Å². The zero-order valence-electron chi connectivity index (χ0n) is 87.8. The fourth-order valence-corrected chi connectivity index (χ4v) is 20.9. The first-order valence-electron chi connectivity index (χ1n) is 52.8. The van der Waals surface area contributed by atoms with Crippen LogP contribution in [0.2, 0.25) is 0 Å². The molecule has 0 fully saturated rings. The minimum absolute atomic E-state index is 0.193. The number of furan rings is 4. The number of rotatable bonds is 11. The molecular formula is C132H82O4. The Morgan fingerprint density at radius 2 is 0.368 bits per heavy atom. The van der Waals surface area contributed by atoms with Crippen molar-refractivity contribution in [3.05, 3.63) is 497 Å². The first kappa shape index (κ1) is 64.7. The number of hydrogen-bond donors (Lipinski definition) is 0. The Morgan fingerprint density at radius 3 is 0.772 bits per heavy atom. The fourth-order valence-electron chi connectivity index (χ4n) is 20.9. The summed E-state index contributed by atoms with van der Waals surface area (Å²) in [6.07, 6.45) is 0. The van der Waals surface area contributed by atoms with Gasteiger partial charge < -0.3 is 17.7 Å². The maximum Gasteiger partial charge on any atom is 0.136 e. The molecule has 136 heavy (non-hydrogen) atoms. The Hall–Kier alpha value is -18.0. The van der Waals surface area contributed by atoms with Gasteiger partial charge in [0, 0.05) is 54.2 Å². The lowest BCUT2D eigenvalue weighted by Gasteiger charge is -2.19. The molecule has 28 rings (SSSR count). The minimum Gasteiger partial charge on any atom is -0.456 e. The van der Waals surface area contributed by atoms with E-state index in [0.29, 0.717) is 16.7 Å². The molecule has 634 valence electrons. The van der Waals surface area contributed by atoms with Crippen LogP contribution in [-0.4, -0.2) is 0 Å². The van der Waals surface area contributed by atoms with Gasteiger partial charge in [0.1, 0.15) is 44.7 Å². The number of hydrogen-bond acceptors (Lipinski definition) is 4. The van der Waals surface area contributed by atoms with Crippen molar-refractivity contribution >= 4 is 152 Å². The number of fused-ring (bicyclic) bond motifs is 18. The predicted molar refractivity (Wildman–Crippen MR) is 573 cm³/mol. The van der Waals surface area contributed by atoms with E-state index >= 15 is 0 Å². The van der Waals surface area contributed by atoms with Crippen LogP contribution >= 0.6 is 0 Å². The van der Waals surface area contributed by atoms with Crippen molar-refractivity contribution in [3.8, 4) is 122 Å². The number of para-hydroxylation sites is 4. The molecule has 0 aliphatic rings. The first-order valence-corrected chi connectivity index (χ1v) is 45.3. The van der Waals surface area contributed by atoms with E-state index < -0.39 is 18.1 Å². The molecule has 0 unspecified atom stereocenters. The summed E-state index contributed by atoms with van der Waals surface area (Å²) in [5.74, 6) is 0. The van der Waals surface area contributed by atoms with E-state index in [1.807, 2.05) is 206 Å². The number of benzene rings is 24. The molecule has 0 spiro atoms. The second-order valence-electron chi connectivity index (χ2n) is 34.2. The summed E-state index contributed by atoms with van der Waals surface area (Å²) in [6, 6.07) is 133. The van der Waals surface area contributed by atoms with Crippen LogP contribution in [0.15, 0.2) is 515 Å². The van der Waals surface area contributed by atoms with Crippen LogP contribution in [0.4, 0.5) is 0 Å². The molecule has 0 amide bonds. The molecule has 4 nitrogen and oxygen atoms in total. The molecule has 0 aliphatic carbocycles. The smallest absolute Gasteiger partial charge is 0.136 e. The topological polar surface area (TPSA) is 52.6 Å². The molecule has 24 aromatic carbocycles. The highest BCUT2D eigenvalue weighted by atomic mass is 16.3. The maximum absolute atomic E-state index is 8.95. The van der Waals surface area contributed by atoms with Crippen molar-refractivity contribution in [2.24, 2.45) is 0 Å². The van der Waals surface area contributed by atoms with Crippen molar-refractivity contribution in [2.45, 2.75) is 0 Å². The molecule has 4 heterocycles. The molecule has 0 saturated heterocycles. The molecule has 0 saturated carbocycles. The normalized spacial score (nSPS) is 13.2. The highest BCUT2D eigenvalue weighted by Gasteiger charge is 2.26. The van der Waals surface area contributed by atoms with Crippen molar-refractivity contribution in [2.75, 3.05) is 0 Å². The van der Waals surface area contributed by atoms with Gasteiger partial charge in [-0.15, -0.1) is 0 Å². The Bertz CT molecular complexity index is 10400. The minimum atomic E-state index is -0.409. The molecule has 0 radical (unpaired) electrons. The van der Waals surface area contributed by atoms with Crippen LogP contribution in [0.1, 0.15) is 20.6 Å². The summed E-state index contributed by atoms with van der Waals surface area (Å²) in [4.78, 5) is 0. The van der Waals surface area contributed by atoms with E-state index in [4.69, 9.17) is 38.2 Å². The predicted octanol–water partition coefficient (Wildman–Crippen LogP) is 37.9. The van der Waals surface area contributed by atoms with Crippen LogP contribution in [0, 0.1) is 0 Å². The van der Waals surface area contributed by atoms with Crippen molar-refractivity contribution in [1.82, 2.24) is 0 Å². The molecule has 0 bridgehead atoms. The van der Waals surface area contributed by atoms with Crippen LogP contribution in [-0.2, 0) is 0 Å². The SMILES string of the molecule is [2H]c1c([2H])c([2H])c(-c2c3ccccc3c(-c3cccc(-c4c(-c5ccc6c(c5)oc5ccccc56)ccc5oc6ccccc6c45)c3)c3ccccc23)c([2H])c1[2H].[2H]c1c([2H])c([2H])c(-c2c3ccccc3c(-c3cccc(-c4ccc5oc6ccccc6c5c4)c3)c3ccccc23)c([2H])c1[2H].[2H]c1c([2H])c([2H])c(-c2c3ccccc3c(-c3cccc(-c4ccc5oc6ccccc6c5c4-c4ccccc4)c3)c3ccccc23)c([2H])c1[2H]. The van der Waals surface area contributed by atoms with Gasteiger partial charge >= 0.3 is 0 Å². The molecule has 0 N–H and O–H groups in total. The van der Waals surface area contributed by atoms with Gasteiger partial charge in [-0.3, -0.25) is 0 Å². The highest BCUT2D eigenvalue weighted by molar-refractivity contribution is 6.26. The summed E-state index contributed by atoms with van der Waals surface area (Å²) in [6.45, 7) is 0. The van der Waals surface area contributed by atoms with Gasteiger partial charge in [0.25, 0.3) is 0 Å². The van der Waals surface area contributed by atoms with Crippen LogP contribution in [0.25, 0.3) is 275 Å². The average molecular weight is 1750 g/mol. The van der Waals surface area contributed by atoms with Gasteiger partial charge in [-0.05, 0) is 255 Å². The second-order valence-corrected chi connectivity index (χ2v) is 34.2. The average Bonchev–Trinajstić information content (AvgIpc) is 1.65. The largest absolute Gasteiger partial charge is 0.456 e. The third-order valence-electron chi connectivity index (χ3n) is 26.6. The molecular weight excluding hydrogens is 1650 g/mol. The quantitative estimate of drug-likeness (QED) is 0.121. The summed E-state index contributed by atoms with van der Waals surface area (Å²) in [7, 11) is 0. The van der Waals surface area contributed by atoms with Gasteiger partial charge in [-0.2, -0.15) is 0 Å². The molecule has 4 heteroatoms. The maximum atomic E-state index is 8.95. The third-order valence-corrected chi connectivity index (χ3v) is 26.6. The van der Waals surface area contributed by atoms with E-state index in [-0.39, 0.29) is 89.2 Å². The standard InChI is InChI=1S/C50H30O2.C44H28O.C38H24O/c1-2-13-31(14-3-1)47-38-18-4-6-20-40(38)48(41-21-7-5-19-39(41)47)33-15-12-16-34(29-33)49-35(27-28-45-50(49)42-22-9-11-24-44(42)51-45)32-25-26-37-36-17-8-10-23-43(36)52-46(37)30-32;1-3-14-29(15-4-1)41-34-20-7-9-22-36(34)42(37-23-10-8-21-35(37)41)32-19-13-18-31(28-32)33-26-27-40-44(38-24-11-12-25-39(38)45-40)43(33)30-16-5-2-6-17-30;1-2-11-25(12-3-1)37-30-16-4-6-18-32(30)38(33-19-7-5-17-31(33)37)28-14-10-13-26(23-28)27-21-22-36-34(24-27)29-15-8-9-20-35(29)39-36/h1-30H;1-28H;1-24H/i1D,2D,3D,13D,14D;1D,3D,4D,14D,15D;1D,2D,3D,11D,12D. The summed E-state index contributed by atoms with van der Waals surface area (Å²) >= 11 is 0. The Morgan fingerprint density at radius 1 is 0.125 bits per heavy atom. The highest BCUT2D eigenvalue weighted by Crippen LogP contribution is 2.53. The van der Waals surface area contributed by atoms with Crippen LogP contribution in [0.5, 0.6) is 0 Å². The molecule has 0 aliphatic heterocycles. The van der Waals surface area contributed by atoms with Crippen LogP contribution in [0.3, 0.4) is 0 Å². The lowest BCUT2D eigenvalue weighted by Crippen LogP contribution is -1.92. The Labute approximate surface area is 805 Å². The van der Waals surface area contributed by atoms with Gasteiger partial charge in [-0.1, -0.05) is 418 Å². The molecule has 4 aromatic heterocycles. The van der Waals surface area contributed by atoms with Gasteiger partial charge in [0.15, 0.2) is 0 Å². The third kappa shape index (κ3) is 13.4. The van der Waals surface area contributed by atoms with Gasteiger partial charge in [-0.25, -0.2) is 0 Å². The Kier molecular flexibility index (Phi) is 15.8. The fraction of sp³-hybridized carbons (Fsp3) is 0. The zero-order chi connectivity index (χ0) is 103. The zero-order valence-corrected chi connectivity index (χ0v) is 72.8. The van der Waals surface area contributed by atoms with E-state index in [9.17, 15) is 0 Å². The van der Waals surface area contributed by atoms with Crippen molar-refractivity contribution in [3.63, 3.8) is 0 Å². The van der Waals surface area contributed by atoms with Crippen molar-refractivity contribution in [1.29, 1.82) is 0 Å². The first-order chi connectivity index (χ1) is 73.7. The summed E-state index contributed by atoms with van der Waals surface area (Å²) in [5, 5.41) is 19.0. The van der Waals surface area contributed by atoms with Gasteiger partial charge in [0.05, 0.1) is 20.6 Å². The lowest BCUT2D eigenvalue weighted by molar-refractivity contribution is 0.668. The second kappa shape index (κ2) is 33.1. The monoisotopic (exact) mass is 1750 g/mol. The molecule has 0 atom stereocenters. The Balaban J connectivity index is 0.000000115. The van der Waals surface area contributed by atoms with E-state index in [1.165, 1.54) is 0 Å². The van der Waals surface area contributed by atoms with E-state index in [2.05, 4.69) is 200 Å². The summed E-state index contributed by atoms with van der Waals surface area (Å²) in [5.41, 5.74) is 25.9. The van der Waals surface area contributed by atoms with Crippen molar-refractivity contribution < 1.29 is 38.2 Å². The lowest BCUT2D eigenvalue weighted by atomic mass is 9.84.